The number of ether oxygens (including phenoxy) is 2. The van der Waals surface area contributed by atoms with Crippen molar-refractivity contribution in [2.24, 2.45) is 0 Å². The Labute approximate surface area is 182 Å². The van der Waals surface area contributed by atoms with Crippen LogP contribution in [-0.2, 0) is 22.7 Å². The maximum Gasteiger partial charge on any atom is 0.249 e. The molecule has 1 aromatic heterocycles. The largest absolute Gasteiger partial charge is 0.454 e. The minimum Gasteiger partial charge on any atom is -0.454 e. The van der Waals surface area contributed by atoms with Gasteiger partial charge < -0.3 is 24.3 Å². The molecule has 7 heteroatoms. The van der Waals surface area contributed by atoms with Crippen molar-refractivity contribution in [3.8, 4) is 11.5 Å². The normalized spacial score (nSPS) is 21.4. The van der Waals surface area contributed by atoms with Gasteiger partial charge in [0.1, 0.15) is 6.54 Å². The summed E-state index contributed by atoms with van der Waals surface area (Å²) >= 11 is 0. The summed E-state index contributed by atoms with van der Waals surface area (Å²) in [6, 6.07) is 9.08. The van der Waals surface area contributed by atoms with Crippen molar-refractivity contribution in [1.29, 1.82) is 0 Å². The Morgan fingerprint density at radius 1 is 1.03 bits per heavy atom. The van der Waals surface area contributed by atoms with E-state index in [0.717, 1.165) is 36.9 Å². The van der Waals surface area contributed by atoms with Crippen molar-refractivity contribution in [1.82, 2.24) is 14.8 Å². The lowest BCUT2D eigenvalue weighted by Crippen LogP contribution is -2.50. The predicted molar refractivity (Wildman–Crippen MR) is 115 cm³/mol. The van der Waals surface area contributed by atoms with Crippen LogP contribution in [0.2, 0.25) is 0 Å². The number of aromatic nitrogens is 1. The zero-order chi connectivity index (χ0) is 21.2. The first-order chi connectivity index (χ1) is 15.2. The Bertz CT molecular complexity index is 961. The number of benzene rings is 1. The summed E-state index contributed by atoms with van der Waals surface area (Å²) in [6.07, 6.45) is 9.93. The first kappa shape index (κ1) is 20.0. The minimum absolute atomic E-state index is 0.0563. The second-order valence-corrected chi connectivity index (χ2v) is 8.72. The maximum absolute atomic E-state index is 13.5. The van der Waals surface area contributed by atoms with E-state index in [-0.39, 0.29) is 31.2 Å². The number of fused-ring (bicyclic) bond motifs is 2. The first-order valence-electron chi connectivity index (χ1n) is 11.3. The highest BCUT2D eigenvalue weighted by Gasteiger charge is 2.38. The van der Waals surface area contributed by atoms with Gasteiger partial charge in [0.25, 0.3) is 0 Å². The fourth-order valence-electron chi connectivity index (χ4n) is 4.93. The fraction of sp³-hybridized carbons (Fsp3) is 0.500. The molecule has 2 aliphatic heterocycles. The highest BCUT2D eigenvalue weighted by molar-refractivity contribution is 5.90. The molecule has 164 valence electrons. The van der Waals surface area contributed by atoms with Crippen LogP contribution in [0.5, 0.6) is 11.5 Å². The summed E-state index contributed by atoms with van der Waals surface area (Å²) in [6.45, 7) is 0.810. The average molecular weight is 424 g/mol. The molecule has 5 rings (SSSR count). The minimum atomic E-state index is -0.632. The number of hydrogen-bond donors (Lipinski definition) is 1. The van der Waals surface area contributed by atoms with Crippen molar-refractivity contribution in [2.75, 3.05) is 6.79 Å². The molecule has 1 atom stereocenters. The predicted octanol–water partition coefficient (Wildman–Crippen LogP) is 3.53. The molecular weight excluding hydrogens is 394 g/mol. The van der Waals surface area contributed by atoms with Gasteiger partial charge in [-0.05, 0) is 42.7 Å². The van der Waals surface area contributed by atoms with E-state index in [4.69, 9.17) is 9.47 Å². The van der Waals surface area contributed by atoms with Crippen molar-refractivity contribution >= 4 is 11.8 Å². The van der Waals surface area contributed by atoms with Gasteiger partial charge in [0.15, 0.2) is 17.5 Å². The van der Waals surface area contributed by atoms with E-state index in [2.05, 4.69) is 5.32 Å². The molecule has 1 fully saturated rings. The molecule has 1 aromatic carbocycles. The van der Waals surface area contributed by atoms with Gasteiger partial charge in [-0.3, -0.25) is 9.59 Å². The van der Waals surface area contributed by atoms with Crippen molar-refractivity contribution < 1.29 is 19.1 Å². The van der Waals surface area contributed by atoms with Crippen LogP contribution in [0, 0.1) is 0 Å². The zero-order valence-electron chi connectivity index (χ0n) is 17.7. The second-order valence-electron chi connectivity index (χ2n) is 8.72. The van der Waals surface area contributed by atoms with E-state index < -0.39 is 6.04 Å². The fourth-order valence-corrected chi connectivity index (χ4v) is 4.93. The van der Waals surface area contributed by atoms with Crippen LogP contribution in [0.1, 0.15) is 62.2 Å². The number of rotatable bonds is 4. The van der Waals surface area contributed by atoms with Crippen LogP contribution >= 0.6 is 0 Å². The number of carbonyl (C=O) groups is 2. The first-order valence-corrected chi connectivity index (χ1v) is 11.3. The molecule has 1 N–H and O–H groups in total. The molecule has 0 saturated heterocycles. The Morgan fingerprint density at radius 2 is 1.81 bits per heavy atom. The van der Waals surface area contributed by atoms with Crippen LogP contribution in [0.4, 0.5) is 0 Å². The number of hydrogen-bond acceptors (Lipinski definition) is 4. The number of carbonyl (C=O) groups excluding carboxylic acids is 2. The molecule has 0 spiro atoms. The monoisotopic (exact) mass is 423 g/mol. The standard InChI is InChI=1S/C24H29N3O4/c28-22-15-26-12-6-9-19(26)23(24(29)25-18-7-4-2-1-3-5-8-18)27(22)14-17-10-11-20-21(13-17)31-16-30-20/h6,9-13,18,23H,1-5,7-8,14-16H2,(H,25,29). The van der Waals surface area contributed by atoms with Gasteiger partial charge in [-0.25, -0.2) is 0 Å². The lowest BCUT2D eigenvalue weighted by atomic mass is 9.96. The molecule has 7 nitrogen and oxygen atoms in total. The number of amides is 2. The highest BCUT2D eigenvalue weighted by Crippen LogP contribution is 2.35. The van der Waals surface area contributed by atoms with Gasteiger partial charge in [0.05, 0.1) is 5.69 Å². The quantitative estimate of drug-likeness (QED) is 0.817. The van der Waals surface area contributed by atoms with Crippen LogP contribution in [0.15, 0.2) is 36.5 Å². The van der Waals surface area contributed by atoms with Gasteiger partial charge in [-0.1, -0.05) is 38.2 Å². The van der Waals surface area contributed by atoms with Crippen LogP contribution in [0.3, 0.4) is 0 Å². The molecule has 1 saturated carbocycles. The third-order valence-electron chi connectivity index (χ3n) is 6.57. The molecule has 1 aliphatic carbocycles. The van der Waals surface area contributed by atoms with Crippen LogP contribution < -0.4 is 14.8 Å². The van der Waals surface area contributed by atoms with Gasteiger partial charge in [0, 0.05) is 18.8 Å². The van der Waals surface area contributed by atoms with E-state index in [1.165, 1.54) is 19.3 Å². The molecule has 3 heterocycles. The van der Waals surface area contributed by atoms with Gasteiger partial charge >= 0.3 is 0 Å². The Hall–Kier alpha value is -2.96. The van der Waals surface area contributed by atoms with Gasteiger partial charge in [-0.2, -0.15) is 0 Å². The van der Waals surface area contributed by atoms with E-state index in [9.17, 15) is 9.59 Å². The third-order valence-corrected chi connectivity index (χ3v) is 6.57. The summed E-state index contributed by atoms with van der Waals surface area (Å²) in [4.78, 5) is 28.3. The lowest BCUT2D eigenvalue weighted by Gasteiger charge is -2.37. The molecule has 2 amide bonds. The molecule has 31 heavy (non-hydrogen) atoms. The van der Waals surface area contributed by atoms with Crippen LogP contribution in [-0.4, -0.2) is 34.1 Å². The van der Waals surface area contributed by atoms with Crippen molar-refractivity contribution in [2.45, 2.75) is 70.1 Å². The number of nitrogens with zero attached hydrogens (tertiary/aromatic N) is 2. The Morgan fingerprint density at radius 3 is 2.65 bits per heavy atom. The molecular formula is C24H29N3O4. The molecule has 2 aromatic rings. The smallest absolute Gasteiger partial charge is 0.249 e. The summed E-state index contributed by atoms with van der Waals surface area (Å²) in [5, 5.41) is 3.27. The topological polar surface area (TPSA) is 72.8 Å². The Balaban J connectivity index is 1.39. The summed E-state index contributed by atoms with van der Waals surface area (Å²) in [7, 11) is 0. The second kappa shape index (κ2) is 8.65. The molecule has 0 radical (unpaired) electrons. The average Bonchev–Trinajstić information content (AvgIpc) is 3.39. The van der Waals surface area contributed by atoms with E-state index >= 15 is 0 Å². The zero-order valence-corrected chi connectivity index (χ0v) is 17.7. The van der Waals surface area contributed by atoms with E-state index in [0.29, 0.717) is 18.0 Å². The summed E-state index contributed by atoms with van der Waals surface area (Å²) in [5.41, 5.74) is 1.78. The van der Waals surface area contributed by atoms with Crippen molar-refractivity contribution in [3.63, 3.8) is 0 Å². The molecule has 1 unspecified atom stereocenters. The van der Waals surface area contributed by atoms with E-state index in [1.54, 1.807) is 4.90 Å². The van der Waals surface area contributed by atoms with Crippen LogP contribution in [0.25, 0.3) is 0 Å². The van der Waals surface area contributed by atoms with E-state index in [1.807, 2.05) is 41.1 Å². The summed E-state index contributed by atoms with van der Waals surface area (Å²) in [5.74, 6) is 1.25. The Kier molecular flexibility index (Phi) is 5.57. The van der Waals surface area contributed by atoms with Gasteiger partial charge in [0.2, 0.25) is 18.6 Å². The molecule has 3 aliphatic rings. The van der Waals surface area contributed by atoms with Gasteiger partial charge in [-0.15, -0.1) is 0 Å². The highest BCUT2D eigenvalue weighted by atomic mass is 16.7. The third kappa shape index (κ3) is 4.13. The SMILES string of the molecule is O=C(NC1CCCCCCC1)C1c2cccn2CC(=O)N1Cc1ccc2c(c1)OCO2. The lowest BCUT2D eigenvalue weighted by molar-refractivity contribution is -0.144. The molecule has 0 bridgehead atoms. The van der Waals surface area contributed by atoms with Crippen molar-refractivity contribution in [3.05, 3.63) is 47.8 Å². The maximum atomic E-state index is 13.5. The number of nitrogens with one attached hydrogen (secondary N) is 1. The summed E-state index contributed by atoms with van der Waals surface area (Å²) < 4.78 is 12.8.